The monoisotopic (exact) mass is 403 g/mol. The minimum absolute atomic E-state index is 0.0826. The molecule has 5 nitrogen and oxygen atoms in total. The van der Waals surface area contributed by atoms with E-state index in [-0.39, 0.29) is 10.8 Å². The Balaban J connectivity index is 2.01. The molecule has 25 heavy (non-hydrogen) atoms. The molecule has 6 heteroatoms. The Hall–Kier alpha value is -1.95. The van der Waals surface area contributed by atoms with E-state index >= 15 is 0 Å². The van der Waals surface area contributed by atoms with Crippen molar-refractivity contribution in [3.05, 3.63) is 40.5 Å². The molecule has 0 radical (unpaired) electrons. The fraction of sp³-hybridized carbons (Fsp3) is 0.421. The summed E-state index contributed by atoms with van der Waals surface area (Å²) >= 11 is 3.52. The summed E-state index contributed by atoms with van der Waals surface area (Å²) < 4.78 is 12.1. The number of pyridine rings is 1. The van der Waals surface area contributed by atoms with Crippen LogP contribution in [0.1, 0.15) is 52.9 Å². The fourth-order valence-electron chi connectivity index (χ4n) is 2.19. The van der Waals surface area contributed by atoms with Crippen LogP contribution in [0.3, 0.4) is 0 Å². The third-order valence-corrected chi connectivity index (χ3v) is 4.23. The fourth-order valence-corrected chi connectivity index (χ4v) is 2.62. The molecule has 0 unspecified atom stereocenters. The third kappa shape index (κ3) is 3.84. The van der Waals surface area contributed by atoms with E-state index in [0.717, 1.165) is 15.9 Å². The Morgan fingerprint density at radius 1 is 0.720 bits per heavy atom. The molecule has 0 aromatic carbocycles. The van der Waals surface area contributed by atoms with Gasteiger partial charge in [-0.15, -0.1) is 0 Å². The molecule has 3 aromatic heterocycles. The number of oxazole rings is 2. The van der Waals surface area contributed by atoms with Gasteiger partial charge < -0.3 is 8.83 Å². The lowest BCUT2D eigenvalue weighted by atomic mass is 9.93. The van der Waals surface area contributed by atoms with E-state index in [9.17, 15) is 0 Å². The zero-order valence-corrected chi connectivity index (χ0v) is 16.9. The summed E-state index contributed by atoms with van der Waals surface area (Å²) in [4.78, 5) is 13.8. The van der Waals surface area contributed by atoms with Crippen molar-refractivity contribution in [1.82, 2.24) is 15.0 Å². The van der Waals surface area contributed by atoms with Gasteiger partial charge in [0.15, 0.2) is 0 Å². The summed E-state index contributed by atoms with van der Waals surface area (Å²) in [5.74, 6) is 0.963. The van der Waals surface area contributed by atoms with Gasteiger partial charge in [0.25, 0.3) is 0 Å². The molecule has 0 fully saturated rings. The van der Waals surface area contributed by atoms with E-state index in [1.807, 2.05) is 12.1 Å². The predicted molar refractivity (Wildman–Crippen MR) is 100 cm³/mol. The van der Waals surface area contributed by atoms with E-state index < -0.39 is 0 Å². The maximum atomic E-state index is 5.64. The SMILES string of the molecule is CC(C)(C)c1coc(-c2cc(Br)cc(-c3nc(C(C)(C)C)co3)n2)n1. The topological polar surface area (TPSA) is 65.0 Å². The van der Waals surface area contributed by atoms with Crippen LogP contribution in [0.25, 0.3) is 23.2 Å². The molecular weight excluding hydrogens is 382 g/mol. The van der Waals surface area contributed by atoms with Crippen LogP contribution in [-0.4, -0.2) is 15.0 Å². The molecule has 0 aliphatic carbocycles. The number of hydrogen-bond acceptors (Lipinski definition) is 5. The summed E-state index contributed by atoms with van der Waals surface area (Å²) in [6.07, 6.45) is 3.36. The molecule has 0 saturated heterocycles. The first kappa shape index (κ1) is 17.9. The first-order valence-electron chi connectivity index (χ1n) is 8.14. The van der Waals surface area contributed by atoms with E-state index in [4.69, 9.17) is 8.83 Å². The standard InChI is InChI=1S/C19H22BrN3O2/c1-18(2,3)14-9-24-16(22-14)12-7-11(20)8-13(21-12)17-23-15(10-25-17)19(4,5)6/h7-10H,1-6H3. The zero-order chi connectivity index (χ0) is 18.4. The number of rotatable bonds is 2. The molecule has 0 spiro atoms. The van der Waals surface area contributed by atoms with Gasteiger partial charge in [-0.3, -0.25) is 0 Å². The number of halogens is 1. The van der Waals surface area contributed by atoms with Gasteiger partial charge in [0, 0.05) is 15.3 Å². The van der Waals surface area contributed by atoms with Gasteiger partial charge in [-0.05, 0) is 12.1 Å². The van der Waals surface area contributed by atoms with Gasteiger partial charge in [0.1, 0.15) is 23.9 Å². The maximum absolute atomic E-state index is 5.64. The highest BCUT2D eigenvalue weighted by Gasteiger charge is 2.22. The molecule has 0 amide bonds. The van der Waals surface area contributed by atoms with Gasteiger partial charge in [0.05, 0.1) is 11.4 Å². The van der Waals surface area contributed by atoms with Gasteiger partial charge >= 0.3 is 0 Å². The molecule has 0 saturated carbocycles. The first-order valence-corrected chi connectivity index (χ1v) is 8.94. The summed E-state index contributed by atoms with van der Waals surface area (Å²) in [6.45, 7) is 12.6. The Kier molecular flexibility index (Phi) is 4.35. The van der Waals surface area contributed by atoms with Crippen LogP contribution in [0, 0.1) is 0 Å². The highest BCUT2D eigenvalue weighted by molar-refractivity contribution is 9.10. The van der Waals surface area contributed by atoms with Crippen molar-refractivity contribution in [2.45, 2.75) is 52.4 Å². The summed E-state index contributed by atoms with van der Waals surface area (Å²) in [7, 11) is 0. The van der Waals surface area contributed by atoms with Crippen LogP contribution in [0.4, 0.5) is 0 Å². The summed E-state index contributed by atoms with van der Waals surface area (Å²) in [6, 6.07) is 3.74. The van der Waals surface area contributed by atoms with Crippen molar-refractivity contribution in [2.75, 3.05) is 0 Å². The van der Waals surface area contributed by atoms with E-state index in [1.165, 1.54) is 0 Å². The largest absolute Gasteiger partial charge is 0.443 e. The van der Waals surface area contributed by atoms with Crippen molar-refractivity contribution < 1.29 is 8.83 Å². The Bertz CT molecular complexity index is 828. The number of nitrogens with zero attached hydrogens (tertiary/aromatic N) is 3. The van der Waals surface area contributed by atoms with Crippen LogP contribution in [0.5, 0.6) is 0 Å². The molecule has 3 rings (SSSR count). The average molecular weight is 404 g/mol. The Morgan fingerprint density at radius 3 is 1.44 bits per heavy atom. The van der Waals surface area contributed by atoms with Crippen molar-refractivity contribution in [1.29, 1.82) is 0 Å². The van der Waals surface area contributed by atoms with Crippen LogP contribution in [0.15, 0.2) is 38.0 Å². The minimum atomic E-state index is -0.0826. The van der Waals surface area contributed by atoms with Gasteiger partial charge in [-0.1, -0.05) is 57.5 Å². The smallest absolute Gasteiger partial charge is 0.245 e. The molecule has 0 aliphatic rings. The molecule has 0 aliphatic heterocycles. The second-order valence-corrected chi connectivity index (χ2v) is 9.05. The quantitative estimate of drug-likeness (QED) is 0.544. The second kappa shape index (κ2) is 6.09. The van der Waals surface area contributed by atoms with Gasteiger partial charge in [-0.25, -0.2) is 15.0 Å². The molecule has 0 atom stereocenters. The average Bonchev–Trinajstić information content (AvgIpc) is 3.15. The van der Waals surface area contributed by atoms with E-state index in [1.54, 1.807) is 12.5 Å². The number of aromatic nitrogens is 3. The maximum Gasteiger partial charge on any atom is 0.245 e. The predicted octanol–water partition coefficient (Wildman–Crippen LogP) is 5.75. The minimum Gasteiger partial charge on any atom is -0.443 e. The molecular formula is C19H22BrN3O2. The number of hydrogen-bond donors (Lipinski definition) is 0. The molecule has 0 bridgehead atoms. The van der Waals surface area contributed by atoms with Gasteiger partial charge in [0.2, 0.25) is 11.8 Å². The third-order valence-electron chi connectivity index (χ3n) is 3.77. The van der Waals surface area contributed by atoms with Crippen molar-refractivity contribution in [2.24, 2.45) is 0 Å². The second-order valence-electron chi connectivity index (χ2n) is 8.13. The zero-order valence-electron chi connectivity index (χ0n) is 15.3. The molecule has 132 valence electrons. The Morgan fingerprint density at radius 2 is 1.12 bits per heavy atom. The summed E-state index contributed by atoms with van der Waals surface area (Å²) in [5, 5.41) is 0. The van der Waals surface area contributed by atoms with Crippen LogP contribution in [0.2, 0.25) is 0 Å². The highest BCUT2D eigenvalue weighted by atomic mass is 79.9. The van der Waals surface area contributed by atoms with E-state index in [0.29, 0.717) is 23.2 Å². The van der Waals surface area contributed by atoms with Crippen molar-refractivity contribution in [3.8, 4) is 23.2 Å². The van der Waals surface area contributed by atoms with Gasteiger partial charge in [-0.2, -0.15) is 0 Å². The molecule has 3 aromatic rings. The lowest BCUT2D eigenvalue weighted by molar-refractivity contribution is 0.541. The molecule has 3 heterocycles. The van der Waals surface area contributed by atoms with Crippen LogP contribution >= 0.6 is 15.9 Å². The Labute approximate surface area is 156 Å². The van der Waals surface area contributed by atoms with Crippen LogP contribution < -0.4 is 0 Å². The molecule has 0 N–H and O–H groups in total. The van der Waals surface area contributed by atoms with E-state index in [2.05, 4.69) is 72.4 Å². The lowest BCUT2D eigenvalue weighted by Crippen LogP contribution is -2.11. The summed E-state index contributed by atoms with van der Waals surface area (Å²) in [5.41, 5.74) is 2.88. The van der Waals surface area contributed by atoms with Crippen molar-refractivity contribution in [3.63, 3.8) is 0 Å². The van der Waals surface area contributed by atoms with Crippen molar-refractivity contribution >= 4 is 15.9 Å². The highest BCUT2D eigenvalue weighted by Crippen LogP contribution is 2.30. The van der Waals surface area contributed by atoms with Crippen LogP contribution in [-0.2, 0) is 10.8 Å². The first-order chi connectivity index (χ1) is 11.5. The lowest BCUT2D eigenvalue weighted by Gasteiger charge is -2.13. The normalized spacial score (nSPS) is 12.6.